The molecule has 2 nitrogen and oxygen atoms in total. The lowest BCUT2D eigenvalue weighted by Gasteiger charge is -2.34. The van der Waals surface area contributed by atoms with Crippen molar-refractivity contribution in [3.05, 3.63) is 35.9 Å². The number of nitrogens with two attached hydrogens (primary N) is 1. The van der Waals surface area contributed by atoms with Gasteiger partial charge < -0.3 is 10.6 Å². The number of piperidine rings is 1. The van der Waals surface area contributed by atoms with Gasteiger partial charge in [0.1, 0.15) is 0 Å². The second-order valence-corrected chi connectivity index (χ2v) is 7.41. The van der Waals surface area contributed by atoms with Gasteiger partial charge in [-0.05, 0) is 56.8 Å². The molecule has 0 amide bonds. The van der Waals surface area contributed by atoms with Crippen molar-refractivity contribution in [3.63, 3.8) is 0 Å². The molecule has 0 saturated carbocycles. The van der Waals surface area contributed by atoms with Crippen LogP contribution in [-0.4, -0.2) is 29.5 Å². The van der Waals surface area contributed by atoms with Crippen LogP contribution in [0.25, 0.3) is 0 Å². The molecule has 0 spiro atoms. The Labute approximate surface area is 134 Å². The van der Waals surface area contributed by atoms with Crippen LogP contribution >= 0.6 is 12.2 Å². The molecule has 1 heterocycles. The third-order valence-electron chi connectivity index (χ3n) is 4.79. The first-order valence-corrected chi connectivity index (χ1v) is 8.44. The van der Waals surface area contributed by atoms with Gasteiger partial charge in [0.25, 0.3) is 0 Å². The second kappa shape index (κ2) is 7.37. The summed E-state index contributed by atoms with van der Waals surface area (Å²) in [6.45, 7) is 7.84. The Hall–Kier alpha value is -0.930. The maximum absolute atomic E-state index is 5.81. The Morgan fingerprint density at radius 3 is 2.43 bits per heavy atom. The summed E-state index contributed by atoms with van der Waals surface area (Å²) < 4.78 is 0. The molecule has 1 aliphatic heterocycles. The van der Waals surface area contributed by atoms with E-state index in [1.165, 1.54) is 37.9 Å². The van der Waals surface area contributed by atoms with E-state index < -0.39 is 0 Å². The van der Waals surface area contributed by atoms with Gasteiger partial charge >= 0.3 is 0 Å². The summed E-state index contributed by atoms with van der Waals surface area (Å²) in [5, 5.41) is 0. The minimum Gasteiger partial charge on any atom is -0.393 e. The fraction of sp³-hybridized carbons (Fsp3) is 0.611. The van der Waals surface area contributed by atoms with Crippen LogP contribution in [0.1, 0.15) is 38.7 Å². The standard InChI is InChI=1S/C18H28N2S/c1-18(2,17(19)21)10-13-20-11-8-16(9-12-20)14-15-6-4-3-5-7-15/h3-7,16H,8-14H2,1-2H3,(H2,19,21). The van der Waals surface area contributed by atoms with E-state index in [4.69, 9.17) is 18.0 Å². The van der Waals surface area contributed by atoms with Gasteiger partial charge in [-0.1, -0.05) is 56.4 Å². The zero-order valence-electron chi connectivity index (χ0n) is 13.3. The lowest BCUT2D eigenvalue weighted by Crippen LogP contribution is -2.39. The monoisotopic (exact) mass is 304 g/mol. The van der Waals surface area contributed by atoms with Crippen molar-refractivity contribution in [2.75, 3.05) is 19.6 Å². The second-order valence-electron chi connectivity index (χ2n) is 6.97. The lowest BCUT2D eigenvalue weighted by atomic mass is 9.87. The van der Waals surface area contributed by atoms with Crippen LogP contribution in [0.15, 0.2) is 30.3 Å². The third kappa shape index (κ3) is 5.08. The third-order valence-corrected chi connectivity index (χ3v) is 5.35. The van der Waals surface area contributed by atoms with Crippen LogP contribution < -0.4 is 5.73 Å². The summed E-state index contributed by atoms with van der Waals surface area (Å²) in [6.07, 6.45) is 4.91. The van der Waals surface area contributed by atoms with Crippen molar-refractivity contribution >= 4 is 17.2 Å². The van der Waals surface area contributed by atoms with Crippen LogP contribution in [0.3, 0.4) is 0 Å². The van der Waals surface area contributed by atoms with Gasteiger partial charge in [0, 0.05) is 5.41 Å². The van der Waals surface area contributed by atoms with Crippen molar-refractivity contribution in [2.45, 2.75) is 39.5 Å². The molecule has 1 aliphatic rings. The number of thiocarbonyl (C=S) groups is 1. The Morgan fingerprint density at radius 1 is 1.24 bits per heavy atom. The fourth-order valence-corrected chi connectivity index (χ4v) is 3.02. The zero-order valence-corrected chi connectivity index (χ0v) is 14.2. The quantitative estimate of drug-likeness (QED) is 0.814. The molecule has 2 N–H and O–H groups in total. The van der Waals surface area contributed by atoms with Crippen LogP contribution in [0, 0.1) is 11.3 Å². The molecule has 1 aromatic carbocycles. The Balaban J connectivity index is 1.72. The molecule has 0 radical (unpaired) electrons. The van der Waals surface area contributed by atoms with Crippen molar-refractivity contribution < 1.29 is 0 Å². The van der Waals surface area contributed by atoms with Gasteiger partial charge in [-0.3, -0.25) is 0 Å². The minimum atomic E-state index is -0.0176. The van der Waals surface area contributed by atoms with E-state index >= 15 is 0 Å². The average molecular weight is 305 g/mol. The highest BCUT2D eigenvalue weighted by Gasteiger charge is 2.24. The van der Waals surface area contributed by atoms with E-state index in [2.05, 4.69) is 49.1 Å². The maximum atomic E-state index is 5.81. The molecule has 1 fully saturated rings. The summed E-state index contributed by atoms with van der Waals surface area (Å²) in [4.78, 5) is 3.21. The van der Waals surface area contributed by atoms with Crippen LogP contribution in [-0.2, 0) is 6.42 Å². The van der Waals surface area contributed by atoms with Crippen molar-refractivity contribution in [1.82, 2.24) is 4.90 Å². The summed E-state index contributed by atoms with van der Waals surface area (Å²) in [7, 11) is 0. The fourth-order valence-electron chi connectivity index (χ4n) is 2.92. The topological polar surface area (TPSA) is 29.3 Å². The molecular formula is C18H28N2S. The highest BCUT2D eigenvalue weighted by molar-refractivity contribution is 7.80. The van der Waals surface area contributed by atoms with Gasteiger partial charge in [0.2, 0.25) is 0 Å². The lowest BCUT2D eigenvalue weighted by molar-refractivity contribution is 0.171. The summed E-state index contributed by atoms with van der Waals surface area (Å²) in [5.74, 6) is 0.840. The maximum Gasteiger partial charge on any atom is 0.0784 e. The highest BCUT2D eigenvalue weighted by atomic mass is 32.1. The van der Waals surface area contributed by atoms with E-state index in [-0.39, 0.29) is 5.41 Å². The number of hydrogen-bond acceptors (Lipinski definition) is 2. The molecule has 0 bridgehead atoms. The van der Waals surface area contributed by atoms with E-state index in [0.29, 0.717) is 4.99 Å². The van der Waals surface area contributed by atoms with Gasteiger partial charge in [0.05, 0.1) is 4.99 Å². The highest BCUT2D eigenvalue weighted by Crippen LogP contribution is 2.25. The first-order chi connectivity index (χ1) is 9.97. The predicted molar refractivity (Wildman–Crippen MR) is 94.5 cm³/mol. The predicted octanol–water partition coefficient (Wildman–Crippen LogP) is 3.64. The Bertz CT molecular complexity index is 448. The number of nitrogens with zero attached hydrogens (tertiary/aromatic N) is 1. The molecule has 1 aromatic rings. The largest absolute Gasteiger partial charge is 0.393 e. The zero-order chi connectivity index (χ0) is 15.3. The van der Waals surface area contributed by atoms with E-state index in [1.807, 2.05) is 0 Å². The van der Waals surface area contributed by atoms with Gasteiger partial charge in [0.15, 0.2) is 0 Å². The van der Waals surface area contributed by atoms with Crippen LogP contribution in [0.2, 0.25) is 0 Å². The summed E-state index contributed by atoms with van der Waals surface area (Å²) in [6, 6.07) is 10.9. The SMILES string of the molecule is CC(C)(CCN1CCC(Cc2ccccc2)CC1)C(N)=S. The van der Waals surface area contributed by atoms with Gasteiger partial charge in [-0.15, -0.1) is 0 Å². The molecular weight excluding hydrogens is 276 g/mol. The van der Waals surface area contributed by atoms with E-state index in [9.17, 15) is 0 Å². The number of likely N-dealkylation sites (tertiary alicyclic amines) is 1. The van der Waals surface area contributed by atoms with Crippen molar-refractivity contribution in [1.29, 1.82) is 0 Å². The number of hydrogen-bond donors (Lipinski definition) is 1. The van der Waals surface area contributed by atoms with E-state index in [0.717, 1.165) is 18.9 Å². The molecule has 2 rings (SSSR count). The number of rotatable bonds is 6. The molecule has 0 atom stereocenters. The smallest absolute Gasteiger partial charge is 0.0784 e. The van der Waals surface area contributed by atoms with Crippen molar-refractivity contribution in [2.24, 2.45) is 17.1 Å². The summed E-state index contributed by atoms with van der Waals surface area (Å²) >= 11 is 5.15. The molecule has 0 aromatic heterocycles. The molecule has 0 unspecified atom stereocenters. The first-order valence-electron chi connectivity index (χ1n) is 8.03. The molecule has 116 valence electrons. The normalized spacial score (nSPS) is 17.8. The summed E-state index contributed by atoms with van der Waals surface area (Å²) in [5.41, 5.74) is 7.27. The number of benzene rings is 1. The molecule has 3 heteroatoms. The van der Waals surface area contributed by atoms with Crippen LogP contribution in [0.5, 0.6) is 0 Å². The van der Waals surface area contributed by atoms with Crippen molar-refractivity contribution in [3.8, 4) is 0 Å². The molecule has 1 saturated heterocycles. The molecule has 0 aliphatic carbocycles. The first kappa shape index (κ1) is 16.4. The molecule has 21 heavy (non-hydrogen) atoms. The Kier molecular flexibility index (Phi) is 5.77. The van der Waals surface area contributed by atoms with Gasteiger partial charge in [-0.2, -0.15) is 0 Å². The average Bonchev–Trinajstić information content (AvgIpc) is 2.47. The van der Waals surface area contributed by atoms with Gasteiger partial charge in [-0.25, -0.2) is 0 Å². The Morgan fingerprint density at radius 2 is 1.86 bits per heavy atom. The van der Waals surface area contributed by atoms with Crippen LogP contribution in [0.4, 0.5) is 0 Å². The van der Waals surface area contributed by atoms with E-state index in [1.54, 1.807) is 0 Å². The minimum absolute atomic E-state index is 0.0176.